The van der Waals surface area contributed by atoms with Crippen LogP contribution in [0.1, 0.15) is 50.7 Å². The van der Waals surface area contributed by atoms with Crippen LogP contribution in [0.15, 0.2) is 59.6 Å². The van der Waals surface area contributed by atoms with E-state index in [1.807, 2.05) is 68.4 Å². The van der Waals surface area contributed by atoms with Gasteiger partial charge in [-0.2, -0.15) is 0 Å². The molecule has 1 aliphatic heterocycles. The molecular formula is C28H34N4O3. The van der Waals surface area contributed by atoms with Crippen LogP contribution in [-0.4, -0.2) is 36.6 Å². The quantitative estimate of drug-likeness (QED) is 0.581. The molecular weight excluding hydrogens is 440 g/mol. The SMILES string of the molecule is CC(C)C[C@@H](C(=O)N[C@H]1N=C(c2ccccc2)c2ccccc2N(C)C1=O)[C@H](CC1CC1)C(N)=O. The molecule has 7 heteroatoms. The number of nitrogens with zero attached hydrogens (tertiary/aromatic N) is 2. The number of benzodiazepines with no additional fused rings is 1. The zero-order valence-corrected chi connectivity index (χ0v) is 20.6. The number of para-hydroxylation sites is 1. The maximum Gasteiger partial charge on any atom is 0.272 e. The topological polar surface area (TPSA) is 105 Å². The summed E-state index contributed by atoms with van der Waals surface area (Å²) in [6, 6.07) is 17.2. The highest BCUT2D eigenvalue weighted by atomic mass is 16.2. The summed E-state index contributed by atoms with van der Waals surface area (Å²) < 4.78 is 0. The Kier molecular flexibility index (Phi) is 7.34. The van der Waals surface area contributed by atoms with E-state index in [0.717, 1.165) is 29.7 Å². The van der Waals surface area contributed by atoms with Gasteiger partial charge in [-0.15, -0.1) is 0 Å². The fourth-order valence-corrected chi connectivity index (χ4v) is 4.84. The molecule has 0 saturated heterocycles. The van der Waals surface area contributed by atoms with Crippen LogP contribution in [0, 0.1) is 23.7 Å². The number of nitrogens with one attached hydrogen (secondary N) is 1. The highest BCUT2D eigenvalue weighted by Crippen LogP contribution is 2.39. The van der Waals surface area contributed by atoms with Crippen molar-refractivity contribution in [3.8, 4) is 0 Å². The second-order valence-corrected chi connectivity index (χ2v) is 10.1. The highest BCUT2D eigenvalue weighted by molar-refractivity contribution is 6.20. The van der Waals surface area contributed by atoms with Gasteiger partial charge in [0.25, 0.3) is 5.91 Å². The molecule has 0 unspecified atom stereocenters. The number of hydrogen-bond donors (Lipinski definition) is 2. The summed E-state index contributed by atoms with van der Waals surface area (Å²) in [7, 11) is 1.69. The molecule has 7 nitrogen and oxygen atoms in total. The van der Waals surface area contributed by atoms with Crippen molar-refractivity contribution in [2.75, 3.05) is 11.9 Å². The lowest BCUT2D eigenvalue weighted by Crippen LogP contribution is -2.50. The molecule has 2 aliphatic rings. The van der Waals surface area contributed by atoms with Crippen molar-refractivity contribution in [1.82, 2.24) is 5.32 Å². The Morgan fingerprint density at radius 3 is 2.34 bits per heavy atom. The number of likely N-dealkylation sites (N-methyl/N-ethyl adjacent to an activating group) is 1. The second kappa shape index (κ2) is 10.4. The molecule has 3 amide bonds. The third-order valence-corrected chi connectivity index (χ3v) is 6.87. The van der Waals surface area contributed by atoms with Crippen molar-refractivity contribution in [3.05, 3.63) is 65.7 Å². The lowest BCUT2D eigenvalue weighted by atomic mass is 9.81. The van der Waals surface area contributed by atoms with E-state index >= 15 is 0 Å². The molecule has 0 radical (unpaired) electrons. The van der Waals surface area contributed by atoms with Crippen LogP contribution in [0.2, 0.25) is 0 Å². The first kappa shape index (κ1) is 24.6. The van der Waals surface area contributed by atoms with Gasteiger partial charge in [0.05, 0.1) is 11.4 Å². The minimum Gasteiger partial charge on any atom is -0.369 e. The number of carbonyl (C=O) groups is 3. The Morgan fingerprint density at radius 2 is 1.71 bits per heavy atom. The van der Waals surface area contributed by atoms with Crippen molar-refractivity contribution in [2.45, 2.75) is 45.7 Å². The Labute approximate surface area is 206 Å². The number of anilines is 1. The van der Waals surface area contributed by atoms with Crippen molar-refractivity contribution in [1.29, 1.82) is 0 Å². The van der Waals surface area contributed by atoms with Gasteiger partial charge in [0, 0.05) is 30.0 Å². The molecule has 0 spiro atoms. The molecule has 35 heavy (non-hydrogen) atoms. The van der Waals surface area contributed by atoms with Crippen molar-refractivity contribution in [3.63, 3.8) is 0 Å². The number of amides is 3. The first-order valence-corrected chi connectivity index (χ1v) is 12.4. The van der Waals surface area contributed by atoms with E-state index in [0.29, 0.717) is 24.5 Å². The number of benzene rings is 2. The number of fused-ring (bicyclic) bond motifs is 1. The number of primary amides is 1. The van der Waals surface area contributed by atoms with Crippen LogP contribution in [-0.2, 0) is 14.4 Å². The van der Waals surface area contributed by atoms with Crippen LogP contribution >= 0.6 is 0 Å². The van der Waals surface area contributed by atoms with Gasteiger partial charge < -0.3 is 16.0 Å². The van der Waals surface area contributed by atoms with Crippen LogP contribution in [0.25, 0.3) is 0 Å². The largest absolute Gasteiger partial charge is 0.369 e. The van der Waals surface area contributed by atoms with E-state index in [1.165, 1.54) is 4.90 Å². The van der Waals surface area contributed by atoms with Gasteiger partial charge in [0.15, 0.2) is 0 Å². The normalized spacial score (nSPS) is 19.4. The summed E-state index contributed by atoms with van der Waals surface area (Å²) in [6.45, 7) is 4.03. The maximum absolute atomic E-state index is 13.6. The molecule has 3 N–H and O–H groups in total. The van der Waals surface area contributed by atoms with Crippen molar-refractivity contribution < 1.29 is 14.4 Å². The van der Waals surface area contributed by atoms with Gasteiger partial charge in [-0.25, -0.2) is 4.99 Å². The molecule has 1 heterocycles. The fraction of sp³-hybridized carbons (Fsp3) is 0.429. The minimum atomic E-state index is -1.11. The lowest BCUT2D eigenvalue weighted by molar-refractivity contribution is -0.136. The molecule has 1 aliphatic carbocycles. The molecule has 184 valence electrons. The maximum atomic E-state index is 13.6. The standard InChI is InChI=1S/C28H34N4O3/c1-17(2)15-22(21(25(29)33)16-18-13-14-18)27(34)31-26-28(35)32(3)23-12-8-7-11-20(23)24(30-26)19-9-5-4-6-10-19/h4-12,17-18,21-22,26H,13-16H2,1-3H3,(H2,29,33)(H,31,34)/t21-,22+,26+/m0/s1. The average molecular weight is 475 g/mol. The lowest BCUT2D eigenvalue weighted by Gasteiger charge is -2.27. The summed E-state index contributed by atoms with van der Waals surface area (Å²) in [4.78, 5) is 45.8. The van der Waals surface area contributed by atoms with Crippen LogP contribution in [0.3, 0.4) is 0 Å². The first-order chi connectivity index (χ1) is 16.8. The summed E-state index contributed by atoms with van der Waals surface area (Å²) in [5.41, 5.74) is 8.79. The summed E-state index contributed by atoms with van der Waals surface area (Å²) in [6.07, 6.45) is 2.14. The summed E-state index contributed by atoms with van der Waals surface area (Å²) >= 11 is 0. The predicted molar refractivity (Wildman–Crippen MR) is 137 cm³/mol. The second-order valence-electron chi connectivity index (χ2n) is 10.1. The van der Waals surface area contributed by atoms with Crippen LogP contribution in [0.4, 0.5) is 5.69 Å². The van der Waals surface area contributed by atoms with Gasteiger partial charge in [0.2, 0.25) is 18.0 Å². The monoisotopic (exact) mass is 474 g/mol. The fourth-order valence-electron chi connectivity index (χ4n) is 4.84. The van der Waals surface area contributed by atoms with E-state index in [9.17, 15) is 14.4 Å². The Bertz CT molecular complexity index is 1120. The number of hydrogen-bond acceptors (Lipinski definition) is 4. The third kappa shape index (κ3) is 5.61. The Morgan fingerprint density at radius 1 is 1.06 bits per heavy atom. The van der Waals surface area contributed by atoms with E-state index in [-0.39, 0.29) is 17.7 Å². The van der Waals surface area contributed by atoms with Crippen molar-refractivity contribution >= 4 is 29.1 Å². The average Bonchev–Trinajstić information content (AvgIpc) is 3.67. The number of rotatable bonds is 9. The van der Waals surface area contributed by atoms with Crippen LogP contribution < -0.4 is 16.0 Å². The molecule has 1 fully saturated rings. The van der Waals surface area contributed by atoms with E-state index in [2.05, 4.69) is 5.32 Å². The Hall–Kier alpha value is -3.48. The molecule has 4 rings (SSSR count). The Balaban J connectivity index is 1.69. The highest BCUT2D eigenvalue weighted by Gasteiger charge is 2.39. The van der Waals surface area contributed by atoms with Gasteiger partial charge >= 0.3 is 0 Å². The van der Waals surface area contributed by atoms with Gasteiger partial charge in [0.1, 0.15) is 0 Å². The molecule has 0 aromatic heterocycles. The molecule has 1 saturated carbocycles. The number of carbonyl (C=O) groups excluding carboxylic acids is 3. The van der Waals surface area contributed by atoms with E-state index < -0.39 is 23.9 Å². The molecule has 2 aromatic carbocycles. The smallest absolute Gasteiger partial charge is 0.272 e. The van der Waals surface area contributed by atoms with Gasteiger partial charge in [-0.05, 0) is 30.7 Å². The zero-order valence-electron chi connectivity index (χ0n) is 20.6. The van der Waals surface area contributed by atoms with Crippen molar-refractivity contribution in [2.24, 2.45) is 34.4 Å². The number of aliphatic imine (C=N–C) groups is 1. The molecule has 2 aromatic rings. The third-order valence-electron chi connectivity index (χ3n) is 6.87. The minimum absolute atomic E-state index is 0.187. The first-order valence-electron chi connectivity index (χ1n) is 12.4. The zero-order chi connectivity index (χ0) is 25.1. The summed E-state index contributed by atoms with van der Waals surface area (Å²) in [5, 5.41) is 2.88. The predicted octanol–water partition coefficient (Wildman–Crippen LogP) is 3.51. The van der Waals surface area contributed by atoms with Crippen LogP contribution in [0.5, 0.6) is 0 Å². The van der Waals surface area contributed by atoms with Gasteiger partial charge in [-0.3, -0.25) is 14.4 Å². The summed E-state index contributed by atoms with van der Waals surface area (Å²) in [5.74, 6) is -1.67. The van der Waals surface area contributed by atoms with E-state index in [1.54, 1.807) is 7.05 Å². The molecule has 0 bridgehead atoms. The van der Waals surface area contributed by atoms with Gasteiger partial charge in [-0.1, -0.05) is 75.2 Å². The molecule has 3 atom stereocenters. The van der Waals surface area contributed by atoms with E-state index in [4.69, 9.17) is 10.7 Å². The number of nitrogens with two attached hydrogens (primary N) is 1.